The Morgan fingerprint density at radius 3 is 2.40 bits per heavy atom. The van der Waals surface area contributed by atoms with Crippen LogP contribution < -0.4 is 4.74 Å². The Balaban J connectivity index is 3.05. The Bertz CT molecular complexity index is 321. The first-order chi connectivity index (χ1) is 7.04. The minimum Gasteiger partial charge on any atom is -0.435 e. The van der Waals surface area contributed by atoms with E-state index < -0.39 is 6.61 Å². The standard InChI is InChI=1S/C12H16F2O/c1-4-9-5-6-10(8(2)3)11(7-9)15-12(13)14/h5-8,12H,4H2,1-3H3. The summed E-state index contributed by atoms with van der Waals surface area (Å²) in [6.45, 7) is 3.14. The maximum atomic E-state index is 12.2. The highest BCUT2D eigenvalue weighted by Gasteiger charge is 2.12. The van der Waals surface area contributed by atoms with Crippen molar-refractivity contribution in [1.82, 2.24) is 0 Å². The van der Waals surface area contributed by atoms with Gasteiger partial charge in [-0.1, -0.05) is 32.9 Å². The zero-order valence-electron chi connectivity index (χ0n) is 9.26. The SMILES string of the molecule is CCc1ccc(C(C)C)c(OC(F)F)c1. The smallest absolute Gasteiger partial charge is 0.387 e. The first-order valence-electron chi connectivity index (χ1n) is 5.12. The van der Waals surface area contributed by atoms with Crippen LogP contribution >= 0.6 is 0 Å². The lowest BCUT2D eigenvalue weighted by Crippen LogP contribution is -2.05. The molecule has 0 aliphatic rings. The van der Waals surface area contributed by atoms with Crippen molar-refractivity contribution in [2.75, 3.05) is 0 Å². The normalized spacial score (nSPS) is 11.1. The zero-order chi connectivity index (χ0) is 11.4. The van der Waals surface area contributed by atoms with Crippen LogP contribution in [-0.4, -0.2) is 6.61 Å². The van der Waals surface area contributed by atoms with Crippen LogP contribution in [0.2, 0.25) is 0 Å². The van der Waals surface area contributed by atoms with Crippen LogP contribution in [0.4, 0.5) is 8.78 Å². The third kappa shape index (κ3) is 3.18. The Morgan fingerprint density at radius 1 is 1.27 bits per heavy atom. The van der Waals surface area contributed by atoms with Crippen LogP contribution in [0.3, 0.4) is 0 Å². The van der Waals surface area contributed by atoms with E-state index in [-0.39, 0.29) is 5.92 Å². The van der Waals surface area contributed by atoms with Gasteiger partial charge in [0, 0.05) is 0 Å². The van der Waals surface area contributed by atoms with E-state index in [1.165, 1.54) is 0 Å². The molecule has 3 heteroatoms. The summed E-state index contributed by atoms with van der Waals surface area (Å²) < 4.78 is 28.9. The van der Waals surface area contributed by atoms with Crippen molar-refractivity contribution in [3.05, 3.63) is 29.3 Å². The van der Waals surface area contributed by atoms with Crippen LogP contribution in [0.5, 0.6) is 5.75 Å². The van der Waals surface area contributed by atoms with Gasteiger partial charge < -0.3 is 4.74 Å². The summed E-state index contributed by atoms with van der Waals surface area (Å²) in [5.41, 5.74) is 1.84. The summed E-state index contributed by atoms with van der Waals surface area (Å²) >= 11 is 0. The van der Waals surface area contributed by atoms with Crippen LogP contribution in [0.1, 0.15) is 37.8 Å². The van der Waals surface area contributed by atoms with E-state index >= 15 is 0 Å². The van der Waals surface area contributed by atoms with Crippen molar-refractivity contribution in [3.63, 3.8) is 0 Å². The Kier molecular flexibility index (Phi) is 4.06. The summed E-state index contributed by atoms with van der Waals surface area (Å²) in [5.74, 6) is 0.490. The summed E-state index contributed by atoms with van der Waals surface area (Å²) in [4.78, 5) is 0. The average molecular weight is 214 g/mol. The summed E-state index contributed by atoms with van der Waals surface area (Å²) in [6, 6.07) is 5.51. The van der Waals surface area contributed by atoms with Gasteiger partial charge in [0.2, 0.25) is 0 Å². The molecule has 1 aromatic carbocycles. The molecule has 0 bridgehead atoms. The molecule has 0 saturated carbocycles. The Hall–Kier alpha value is -1.12. The van der Waals surface area contributed by atoms with Crippen LogP contribution in [0.25, 0.3) is 0 Å². The predicted octanol–water partition coefficient (Wildman–Crippen LogP) is 3.97. The van der Waals surface area contributed by atoms with Gasteiger partial charge in [0.05, 0.1) is 0 Å². The highest BCUT2D eigenvalue weighted by Crippen LogP contribution is 2.28. The third-order valence-corrected chi connectivity index (χ3v) is 2.32. The lowest BCUT2D eigenvalue weighted by atomic mass is 9.99. The fourth-order valence-corrected chi connectivity index (χ4v) is 1.47. The number of halogens is 2. The van der Waals surface area contributed by atoms with Crippen molar-refractivity contribution in [3.8, 4) is 5.75 Å². The second-order valence-electron chi connectivity index (χ2n) is 3.76. The van der Waals surface area contributed by atoms with Gasteiger partial charge in [0.15, 0.2) is 0 Å². The fourth-order valence-electron chi connectivity index (χ4n) is 1.47. The van der Waals surface area contributed by atoms with Gasteiger partial charge >= 0.3 is 6.61 Å². The monoisotopic (exact) mass is 214 g/mol. The van der Waals surface area contributed by atoms with Gasteiger partial charge in [-0.25, -0.2) is 0 Å². The van der Waals surface area contributed by atoms with Crippen LogP contribution in [0.15, 0.2) is 18.2 Å². The van der Waals surface area contributed by atoms with E-state index in [0.29, 0.717) is 5.75 Å². The molecule has 0 heterocycles. The molecule has 15 heavy (non-hydrogen) atoms. The van der Waals surface area contributed by atoms with Gasteiger partial charge in [0.25, 0.3) is 0 Å². The van der Waals surface area contributed by atoms with Gasteiger partial charge in [-0.3, -0.25) is 0 Å². The van der Waals surface area contributed by atoms with E-state index in [1.807, 2.05) is 32.9 Å². The molecule has 0 fully saturated rings. The largest absolute Gasteiger partial charge is 0.435 e. The molecule has 0 amide bonds. The van der Waals surface area contributed by atoms with Gasteiger partial charge in [0.1, 0.15) is 5.75 Å². The Morgan fingerprint density at radius 2 is 1.93 bits per heavy atom. The highest BCUT2D eigenvalue weighted by molar-refractivity contribution is 5.39. The second kappa shape index (κ2) is 5.10. The summed E-state index contributed by atoms with van der Waals surface area (Å²) in [6.07, 6.45) is 0.817. The molecule has 0 unspecified atom stereocenters. The number of alkyl halides is 2. The fraction of sp³-hybridized carbons (Fsp3) is 0.500. The topological polar surface area (TPSA) is 9.23 Å². The maximum absolute atomic E-state index is 12.2. The quantitative estimate of drug-likeness (QED) is 0.736. The molecular weight excluding hydrogens is 198 g/mol. The van der Waals surface area contributed by atoms with Crippen molar-refractivity contribution >= 4 is 0 Å². The van der Waals surface area contributed by atoms with Crippen molar-refractivity contribution in [2.45, 2.75) is 39.7 Å². The Labute approximate surface area is 89.1 Å². The number of benzene rings is 1. The summed E-state index contributed by atoms with van der Waals surface area (Å²) in [7, 11) is 0. The predicted molar refractivity (Wildman–Crippen MR) is 56.5 cm³/mol. The van der Waals surface area contributed by atoms with Gasteiger partial charge in [-0.2, -0.15) is 8.78 Å². The zero-order valence-corrected chi connectivity index (χ0v) is 9.26. The molecular formula is C12H16F2O. The molecule has 1 rings (SSSR count). The molecule has 0 aliphatic heterocycles. The van der Waals surface area contributed by atoms with Gasteiger partial charge in [-0.15, -0.1) is 0 Å². The van der Waals surface area contributed by atoms with Crippen LogP contribution in [-0.2, 0) is 6.42 Å². The number of hydrogen-bond acceptors (Lipinski definition) is 1. The molecule has 0 saturated heterocycles. The number of aryl methyl sites for hydroxylation is 1. The average Bonchev–Trinajstić information content (AvgIpc) is 2.16. The highest BCUT2D eigenvalue weighted by atomic mass is 19.3. The molecule has 1 aromatic rings. The lowest BCUT2D eigenvalue weighted by molar-refractivity contribution is -0.0505. The molecule has 0 radical (unpaired) electrons. The number of ether oxygens (including phenoxy) is 1. The molecule has 1 nitrogen and oxygen atoms in total. The van der Waals surface area contributed by atoms with E-state index in [9.17, 15) is 8.78 Å². The molecule has 0 aromatic heterocycles. The van der Waals surface area contributed by atoms with Crippen LogP contribution in [0, 0.1) is 0 Å². The molecule has 0 spiro atoms. The van der Waals surface area contributed by atoms with Crippen molar-refractivity contribution in [1.29, 1.82) is 0 Å². The summed E-state index contributed by atoms with van der Waals surface area (Å²) in [5, 5.41) is 0. The third-order valence-electron chi connectivity index (χ3n) is 2.32. The first-order valence-corrected chi connectivity index (χ1v) is 5.12. The molecule has 0 N–H and O–H groups in total. The first kappa shape index (κ1) is 12.0. The van der Waals surface area contributed by atoms with E-state index in [4.69, 9.17) is 0 Å². The minimum absolute atomic E-state index is 0.185. The number of hydrogen-bond donors (Lipinski definition) is 0. The molecule has 84 valence electrons. The van der Waals surface area contributed by atoms with Crippen molar-refractivity contribution in [2.24, 2.45) is 0 Å². The maximum Gasteiger partial charge on any atom is 0.387 e. The molecule has 0 aliphatic carbocycles. The molecule has 0 atom stereocenters. The van der Waals surface area contributed by atoms with E-state index in [1.54, 1.807) is 6.07 Å². The van der Waals surface area contributed by atoms with E-state index in [0.717, 1.165) is 17.5 Å². The second-order valence-corrected chi connectivity index (χ2v) is 3.76. The van der Waals surface area contributed by atoms with Gasteiger partial charge in [-0.05, 0) is 29.5 Å². The number of rotatable bonds is 4. The lowest BCUT2D eigenvalue weighted by Gasteiger charge is -2.14. The minimum atomic E-state index is -2.75. The van der Waals surface area contributed by atoms with E-state index in [2.05, 4.69) is 4.74 Å². The van der Waals surface area contributed by atoms with Crippen molar-refractivity contribution < 1.29 is 13.5 Å².